The monoisotopic (exact) mass is 376 g/mol. The van der Waals surface area contributed by atoms with Crippen LogP contribution >= 0.6 is 0 Å². The summed E-state index contributed by atoms with van der Waals surface area (Å²) in [4.78, 5) is 32.5. The van der Waals surface area contributed by atoms with Crippen LogP contribution in [0.4, 0.5) is 11.5 Å². The Balaban J connectivity index is 1.81. The van der Waals surface area contributed by atoms with Gasteiger partial charge in [-0.05, 0) is 35.9 Å². The quantitative estimate of drug-likeness (QED) is 0.517. The van der Waals surface area contributed by atoms with Crippen LogP contribution in [0.15, 0.2) is 61.1 Å². The number of carbonyl (C=O) groups excluding carboxylic acids is 2. The number of hydrogen-bond acceptors (Lipinski definition) is 6. The molecule has 3 rings (SSSR count). The number of amides is 2. The predicted molar refractivity (Wildman–Crippen MR) is 108 cm³/mol. The van der Waals surface area contributed by atoms with Crippen molar-refractivity contribution in [3.05, 3.63) is 72.2 Å². The van der Waals surface area contributed by atoms with Crippen LogP contribution in [0.1, 0.15) is 20.7 Å². The van der Waals surface area contributed by atoms with E-state index in [1.807, 2.05) is 0 Å². The summed E-state index contributed by atoms with van der Waals surface area (Å²) in [6, 6.07) is 12.0. The van der Waals surface area contributed by atoms with E-state index >= 15 is 0 Å². The fourth-order valence-corrected chi connectivity index (χ4v) is 2.55. The van der Waals surface area contributed by atoms with Crippen molar-refractivity contribution >= 4 is 23.3 Å². The van der Waals surface area contributed by atoms with Gasteiger partial charge in [-0.15, -0.1) is 0 Å². The molecule has 142 valence electrons. The van der Waals surface area contributed by atoms with Crippen molar-refractivity contribution < 1.29 is 9.59 Å². The molecule has 0 bridgehead atoms. The van der Waals surface area contributed by atoms with E-state index in [2.05, 4.69) is 20.6 Å². The molecule has 0 fully saturated rings. The first-order valence-electron chi connectivity index (χ1n) is 8.64. The van der Waals surface area contributed by atoms with Gasteiger partial charge in [0.2, 0.25) is 0 Å². The smallest absolute Gasteiger partial charge is 0.259 e. The summed E-state index contributed by atoms with van der Waals surface area (Å²) in [6.45, 7) is 0.795. The number of pyridine rings is 2. The molecule has 2 amide bonds. The standard InChI is InChI=1S/C20H20N6O2/c21-7-10-24-19(27)14-3-1-13(2-4-14)15-11-17(18(22)25-12-15)20(28)26-16-5-8-23-9-6-16/h1-6,8-9,11-12H,7,10,21H2,(H2,22,25)(H,24,27)(H,23,26,28). The lowest BCUT2D eigenvalue weighted by atomic mass is 10.0. The molecule has 0 atom stereocenters. The summed E-state index contributed by atoms with van der Waals surface area (Å²) >= 11 is 0. The van der Waals surface area contributed by atoms with Crippen molar-refractivity contribution in [3.63, 3.8) is 0 Å². The van der Waals surface area contributed by atoms with Gasteiger partial charge in [0.05, 0.1) is 5.56 Å². The molecule has 0 radical (unpaired) electrons. The highest BCUT2D eigenvalue weighted by Crippen LogP contribution is 2.23. The van der Waals surface area contributed by atoms with Gasteiger partial charge in [-0.3, -0.25) is 14.6 Å². The first kappa shape index (κ1) is 19.0. The molecule has 2 aromatic heterocycles. The van der Waals surface area contributed by atoms with Gasteiger partial charge in [0.1, 0.15) is 5.82 Å². The van der Waals surface area contributed by atoms with Gasteiger partial charge >= 0.3 is 0 Å². The van der Waals surface area contributed by atoms with Crippen molar-refractivity contribution in [1.29, 1.82) is 0 Å². The van der Waals surface area contributed by atoms with Gasteiger partial charge in [-0.2, -0.15) is 0 Å². The molecule has 28 heavy (non-hydrogen) atoms. The zero-order valence-electron chi connectivity index (χ0n) is 15.1. The fourth-order valence-electron chi connectivity index (χ4n) is 2.55. The predicted octanol–water partition coefficient (Wildman–Crippen LogP) is 1.67. The first-order chi connectivity index (χ1) is 13.6. The summed E-state index contributed by atoms with van der Waals surface area (Å²) in [7, 11) is 0. The highest BCUT2D eigenvalue weighted by molar-refractivity contribution is 6.07. The van der Waals surface area contributed by atoms with E-state index in [0.717, 1.165) is 5.56 Å². The van der Waals surface area contributed by atoms with Crippen molar-refractivity contribution in [1.82, 2.24) is 15.3 Å². The topological polar surface area (TPSA) is 136 Å². The minimum absolute atomic E-state index is 0.132. The molecule has 3 aromatic rings. The molecule has 1 aromatic carbocycles. The fraction of sp³-hybridized carbons (Fsp3) is 0.100. The Kier molecular flexibility index (Phi) is 5.93. The van der Waals surface area contributed by atoms with Crippen LogP contribution < -0.4 is 22.1 Å². The number of nitrogens with zero attached hydrogens (tertiary/aromatic N) is 2. The minimum atomic E-state index is -0.365. The summed E-state index contributed by atoms with van der Waals surface area (Å²) in [5.41, 5.74) is 14.2. The van der Waals surface area contributed by atoms with E-state index in [1.165, 1.54) is 0 Å². The number of anilines is 2. The second-order valence-electron chi connectivity index (χ2n) is 5.97. The molecule has 0 aliphatic rings. The van der Waals surface area contributed by atoms with Gasteiger partial charge in [0, 0.05) is 48.5 Å². The highest BCUT2D eigenvalue weighted by atomic mass is 16.2. The minimum Gasteiger partial charge on any atom is -0.383 e. The third-order valence-electron chi connectivity index (χ3n) is 4.01. The normalized spacial score (nSPS) is 10.3. The van der Waals surface area contributed by atoms with Gasteiger partial charge < -0.3 is 22.1 Å². The van der Waals surface area contributed by atoms with Gasteiger partial charge in [0.25, 0.3) is 11.8 Å². The molecular formula is C20H20N6O2. The molecule has 8 nitrogen and oxygen atoms in total. The number of hydrogen-bond donors (Lipinski definition) is 4. The van der Waals surface area contributed by atoms with Gasteiger partial charge in [-0.1, -0.05) is 12.1 Å². The average molecular weight is 376 g/mol. The van der Waals surface area contributed by atoms with Crippen molar-refractivity contribution in [3.8, 4) is 11.1 Å². The maximum absolute atomic E-state index is 12.5. The van der Waals surface area contributed by atoms with E-state index in [4.69, 9.17) is 11.5 Å². The Morgan fingerprint density at radius 1 is 0.964 bits per heavy atom. The largest absolute Gasteiger partial charge is 0.383 e. The second-order valence-corrected chi connectivity index (χ2v) is 5.97. The van der Waals surface area contributed by atoms with E-state index in [1.54, 1.807) is 61.1 Å². The average Bonchev–Trinajstić information content (AvgIpc) is 2.73. The highest BCUT2D eigenvalue weighted by Gasteiger charge is 2.13. The number of nitrogens with two attached hydrogens (primary N) is 2. The number of carbonyl (C=O) groups is 2. The van der Waals surface area contributed by atoms with Crippen LogP contribution in [-0.2, 0) is 0 Å². The third kappa shape index (κ3) is 4.49. The van der Waals surface area contributed by atoms with Crippen molar-refractivity contribution in [2.24, 2.45) is 5.73 Å². The van der Waals surface area contributed by atoms with Crippen molar-refractivity contribution in [2.45, 2.75) is 0 Å². The molecular weight excluding hydrogens is 356 g/mol. The van der Waals surface area contributed by atoms with Crippen LogP contribution in [0.3, 0.4) is 0 Å². The van der Waals surface area contributed by atoms with E-state index in [-0.39, 0.29) is 23.2 Å². The van der Waals surface area contributed by atoms with E-state index in [0.29, 0.717) is 29.9 Å². The number of aromatic nitrogens is 2. The van der Waals surface area contributed by atoms with Crippen LogP contribution in [0.5, 0.6) is 0 Å². The lowest BCUT2D eigenvalue weighted by Gasteiger charge is -2.10. The SMILES string of the molecule is NCCNC(=O)c1ccc(-c2cnc(N)c(C(=O)Nc3ccncc3)c2)cc1. The van der Waals surface area contributed by atoms with Crippen LogP contribution in [0, 0.1) is 0 Å². The Bertz CT molecular complexity index is 974. The Morgan fingerprint density at radius 2 is 1.68 bits per heavy atom. The Hall–Kier alpha value is -3.78. The van der Waals surface area contributed by atoms with E-state index in [9.17, 15) is 9.59 Å². The Morgan fingerprint density at radius 3 is 2.36 bits per heavy atom. The summed E-state index contributed by atoms with van der Waals surface area (Å²) in [5.74, 6) is -0.422. The van der Waals surface area contributed by atoms with Gasteiger partial charge in [-0.25, -0.2) is 4.98 Å². The molecule has 0 unspecified atom stereocenters. The lowest BCUT2D eigenvalue weighted by Crippen LogP contribution is -2.28. The molecule has 2 heterocycles. The lowest BCUT2D eigenvalue weighted by molar-refractivity contribution is 0.0954. The molecule has 0 saturated carbocycles. The molecule has 8 heteroatoms. The zero-order chi connectivity index (χ0) is 19.9. The summed E-state index contributed by atoms with van der Waals surface area (Å²) < 4.78 is 0. The molecule has 0 saturated heterocycles. The summed E-state index contributed by atoms with van der Waals surface area (Å²) in [6.07, 6.45) is 4.75. The van der Waals surface area contributed by atoms with Crippen LogP contribution in [0.25, 0.3) is 11.1 Å². The molecule has 6 N–H and O–H groups in total. The molecule has 0 aliphatic carbocycles. The van der Waals surface area contributed by atoms with Crippen LogP contribution in [-0.4, -0.2) is 34.9 Å². The van der Waals surface area contributed by atoms with E-state index < -0.39 is 0 Å². The number of nitrogens with one attached hydrogen (secondary N) is 2. The Labute approximate surface area is 162 Å². The maximum Gasteiger partial charge on any atom is 0.259 e. The number of nitrogen functional groups attached to an aromatic ring is 1. The first-order valence-corrected chi connectivity index (χ1v) is 8.64. The zero-order valence-corrected chi connectivity index (χ0v) is 15.1. The van der Waals surface area contributed by atoms with Crippen molar-refractivity contribution in [2.75, 3.05) is 24.1 Å². The molecule has 0 spiro atoms. The summed E-state index contributed by atoms with van der Waals surface area (Å²) in [5, 5.41) is 5.47. The third-order valence-corrected chi connectivity index (χ3v) is 4.01. The van der Waals surface area contributed by atoms with Crippen LogP contribution in [0.2, 0.25) is 0 Å². The molecule has 0 aliphatic heterocycles. The number of rotatable bonds is 6. The number of benzene rings is 1. The van der Waals surface area contributed by atoms with Gasteiger partial charge in [0.15, 0.2) is 0 Å². The second kappa shape index (κ2) is 8.74. The maximum atomic E-state index is 12.5.